The number of hydrogen-bond donors (Lipinski definition) is 2. The van der Waals surface area contributed by atoms with Gasteiger partial charge < -0.3 is 5.11 Å². The van der Waals surface area contributed by atoms with Crippen LogP contribution in [0, 0.1) is 0 Å². The van der Waals surface area contributed by atoms with Crippen LogP contribution in [0.1, 0.15) is 21.5 Å². The van der Waals surface area contributed by atoms with Gasteiger partial charge in [0, 0.05) is 11.1 Å². The maximum Gasteiger partial charge on any atom is 0.416 e. The average molecular weight is 308 g/mol. The van der Waals surface area contributed by atoms with Gasteiger partial charge in [0.2, 0.25) is 0 Å². The molecule has 0 radical (unpaired) electrons. The van der Waals surface area contributed by atoms with E-state index >= 15 is 0 Å². The highest BCUT2D eigenvalue weighted by atomic mass is 19.4. The van der Waals surface area contributed by atoms with Crippen molar-refractivity contribution >= 4 is 12.1 Å². The van der Waals surface area contributed by atoms with Crippen molar-refractivity contribution in [1.82, 2.24) is 5.43 Å². The fraction of sp³-hybridized carbons (Fsp3) is 0.0667. The van der Waals surface area contributed by atoms with Crippen molar-refractivity contribution in [2.45, 2.75) is 6.18 Å². The number of phenols is 1. The number of hydrazone groups is 1. The number of nitrogens with one attached hydrogen (secondary N) is 1. The summed E-state index contributed by atoms with van der Waals surface area (Å²) in [5.41, 5.74) is 1.46. The summed E-state index contributed by atoms with van der Waals surface area (Å²) in [4.78, 5) is 11.7. The Morgan fingerprint density at radius 2 is 1.82 bits per heavy atom. The number of carbonyl (C=O) groups is 1. The highest BCUT2D eigenvalue weighted by Gasteiger charge is 2.30. The summed E-state index contributed by atoms with van der Waals surface area (Å²) in [6, 6.07) is 10.6. The molecule has 0 unspecified atom stereocenters. The molecule has 22 heavy (non-hydrogen) atoms. The molecule has 2 aromatic rings. The first-order valence-electron chi connectivity index (χ1n) is 6.16. The minimum Gasteiger partial charge on any atom is -0.507 e. The summed E-state index contributed by atoms with van der Waals surface area (Å²) in [5, 5.41) is 13.1. The summed E-state index contributed by atoms with van der Waals surface area (Å²) in [5.74, 6) is -0.881. The number of amides is 1. The number of hydrogen-bond acceptors (Lipinski definition) is 3. The van der Waals surface area contributed by atoms with Gasteiger partial charge in [-0.05, 0) is 30.3 Å². The fourth-order valence-electron chi connectivity index (χ4n) is 1.65. The molecule has 0 atom stereocenters. The molecule has 0 bridgehead atoms. The number of rotatable bonds is 3. The van der Waals surface area contributed by atoms with Crippen LogP contribution in [0.5, 0.6) is 5.75 Å². The lowest BCUT2D eigenvalue weighted by Crippen LogP contribution is -2.17. The zero-order chi connectivity index (χ0) is 16.2. The minimum atomic E-state index is -4.52. The molecule has 1 amide bonds. The average Bonchev–Trinajstić information content (AvgIpc) is 2.48. The predicted molar refractivity (Wildman–Crippen MR) is 74.6 cm³/mol. The number of benzene rings is 2. The predicted octanol–water partition coefficient (Wildman–Crippen LogP) is 3.17. The van der Waals surface area contributed by atoms with E-state index < -0.39 is 17.6 Å². The first-order chi connectivity index (χ1) is 10.4. The van der Waals surface area contributed by atoms with Gasteiger partial charge in [-0.15, -0.1) is 0 Å². The van der Waals surface area contributed by atoms with Crippen LogP contribution in [-0.2, 0) is 6.18 Å². The molecule has 7 heteroatoms. The van der Waals surface area contributed by atoms with E-state index in [1.165, 1.54) is 0 Å². The molecule has 2 rings (SSSR count). The molecule has 0 spiro atoms. The second kappa shape index (κ2) is 6.30. The Morgan fingerprint density at radius 1 is 1.14 bits per heavy atom. The van der Waals surface area contributed by atoms with Crippen molar-refractivity contribution in [3.8, 4) is 5.75 Å². The molecule has 0 aliphatic heterocycles. The van der Waals surface area contributed by atoms with Gasteiger partial charge in [0.25, 0.3) is 5.91 Å². The highest BCUT2D eigenvalue weighted by molar-refractivity contribution is 5.95. The van der Waals surface area contributed by atoms with Crippen molar-refractivity contribution in [2.75, 3.05) is 0 Å². The number of halogens is 3. The third-order valence-corrected chi connectivity index (χ3v) is 2.76. The minimum absolute atomic E-state index is 0.150. The molecule has 4 nitrogen and oxygen atoms in total. The molecular formula is C15H11F3N2O2. The topological polar surface area (TPSA) is 61.7 Å². The van der Waals surface area contributed by atoms with Crippen LogP contribution in [-0.4, -0.2) is 17.2 Å². The Balaban J connectivity index is 2.12. The Morgan fingerprint density at radius 3 is 2.45 bits per heavy atom. The fourth-order valence-corrected chi connectivity index (χ4v) is 1.65. The zero-order valence-electron chi connectivity index (χ0n) is 11.1. The molecule has 0 heterocycles. The van der Waals surface area contributed by atoms with E-state index in [-0.39, 0.29) is 11.3 Å². The number of aromatic hydroxyl groups is 1. The van der Waals surface area contributed by atoms with E-state index in [1.54, 1.807) is 30.3 Å². The molecule has 0 aliphatic carbocycles. The van der Waals surface area contributed by atoms with Crippen LogP contribution in [0.2, 0.25) is 0 Å². The number of phenolic OH excluding ortho intramolecular Hbond substituents is 1. The summed E-state index contributed by atoms with van der Waals surface area (Å²) < 4.78 is 37.7. The summed E-state index contributed by atoms with van der Waals surface area (Å²) in [7, 11) is 0. The van der Waals surface area contributed by atoms with E-state index in [1.807, 2.05) is 0 Å². The maximum atomic E-state index is 12.6. The maximum absolute atomic E-state index is 12.6. The van der Waals surface area contributed by atoms with E-state index in [9.17, 15) is 23.1 Å². The molecule has 0 saturated carbocycles. The van der Waals surface area contributed by atoms with Crippen LogP contribution in [0.3, 0.4) is 0 Å². The molecule has 0 aliphatic rings. The molecule has 0 saturated heterocycles. The SMILES string of the molecule is O=C(NN=Cc1cc(C(F)(F)F)ccc1O)c1ccccc1. The van der Waals surface area contributed by atoms with E-state index in [4.69, 9.17) is 0 Å². The third-order valence-electron chi connectivity index (χ3n) is 2.76. The monoisotopic (exact) mass is 308 g/mol. The molecule has 2 aromatic carbocycles. The quantitative estimate of drug-likeness (QED) is 0.676. The van der Waals surface area contributed by atoms with Crippen LogP contribution < -0.4 is 5.43 Å². The molecule has 0 aromatic heterocycles. The zero-order valence-corrected chi connectivity index (χ0v) is 11.1. The Labute approximate surface area is 123 Å². The second-order valence-corrected chi connectivity index (χ2v) is 4.34. The Bertz CT molecular complexity index is 698. The van der Waals surface area contributed by atoms with Crippen molar-refractivity contribution in [3.05, 3.63) is 65.2 Å². The summed E-state index contributed by atoms with van der Waals surface area (Å²) in [6.07, 6.45) is -3.57. The Kier molecular flexibility index (Phi) is 4.45. The van der Waals surface area contributed by atoms with Crippen LogP contribution in [0.15, 0.2) is 53.6 Å². The van der Waals surface area contributed by atoms with Crippen LogP contribution in [0.4, 0.5) is 13.2 Å². The second-order valence-electron chi connectivity index (χ2n) is 4.34. The number of alkyl halides is 3. The standard InChI is InChI=1S/C15H11F3N2O2/c16-15(17,18)12-6-7-13(21)11(8-12)9-19-20-14(22)10-4-2-1-3-5-10/h1-9,21H,(H,20,22). The lowest BCUT2D eigenvalue weighted by atomic mass is 10.1. The van der Waals surface area contributed by atoms with Crippen molar-refractivity contribution < 1.29 is 23.1 Å². The third kappa shape index (κ3) is 3.85. The van der Waals surface area contributed by atoms with E-state index in [2.05, 4.69) is 10.5 Å². The van der Waals surface area contributed by atoms with E-state index in [0.29, 0.717) is 5.56 Å². The highest BCUT2D eigenvalue weighted by Crippen LogP contribution is 2.31. The van der Waals surface area contributed by atoms with Gasteiger partial charge in [-0.2, -0.15) is 18.3 Å². The largest absolute Gasteiger partial charge is 0.507 e. The summed E-state index contributed by atoms with van der Waals surface area (Å²) in [6.45, 7) is 0. The normalized spacial score (nSPS) is 11.6. The number of carbonyl (C=O) groups excluding carboxylic acids is 1. The van der Waals surface area contributed by atoms with Crippen LogP contribution >= 0.6 is 0 Å². The van der Waals surface area contributed by atoms with Gasteiger partial charge in [-0.3, -0.25) is 4.79 Å². The number of nitrogens with zero attached hydrogens (tertiary/aromatic N) is 1. The summed E-state index contributed by atoms with van der Waals surface area (Å²) >= 11 is 0. The molecule has 114 valence electrons. The van der Waals surface area contributed by atoms with Gasteiger partial charge >= 0.3 is 6.18 Å². The van der Waals surface area contributed by atoms with E-state index in [0.717, 1.165) is 24.4 Å². The Hall–Kier alpha value is -2.83. The first kappa shape index (κ1) is 15.6. The van der Waals surface area contributed by atoms with Gasteiger partial charge in [-0.1, -0.05) is 18.2 Å². The van der Waals surface area contributed by atoms with Gasteiger partial charge in [0.1, 0.15) is 5.75 Å². The van der Waals surface area contributed by atoms with Gasteiger partial charge in [-0.25, -0.2) is 5.43 Å². The van der Waals surface area contributed by atoms with Crippen molar-refractivity contribution in [3.63, 3.8) is 0 Å². The lowest BCUT2D eigenvalue weighted by Gasteiger charge is -2.08. The molecule has 0 fully saturated rings. The van der Waals surface area contributed by atoms with Gasteiger partial charge in [0.05, 0.1) is 11.8 Å². The first-order valence-corrected chi connectivity index (χ1v) is 6.16. The van der Waals surface area contributed by atoms with Crippen molar-refractivity contribution in [2.24, 2.45) is 5.10 Å². The smallest absolute Gasteiger partial charge is 0.416 e. The lowest BCUT2D eigenvalue weighted by molar-refractivity contribution is -0.137. The van der Waals surface area contributed by atoms with Crippen LogP contribution in [0.25, 0.3) is 0 Å². The molecular weight excluding hydrogens is 297 g/mol. The van der Waals surface area contributed by atoms with Crippen molar-refractivity contribution in [1.29, 1.82) is 0 Å². The molecule has 2 N–H and O–H groups in total. The van der Waals surface area contributed by atoms with Gasteiger partial charge in [0.15, 0.2) is 0 Å².